The number of hydrogen-bond acceptors (Lipinski definition) is 6. The molecule has 0 aliphatic carbocycles. The maximum Gasteiger partial charge on any atom is 0.243 e. The van der Waals surface area contributed by atoms with Crippen molar-refractivity contribution in [3.63, 3.8) is 0 Å². The van der Waals surface area contributed by atoms with Crippen LogP contribution in [0.4, 0.5) is 0 Å². The fourth-order valence-corrected chi connectivity index (χ4v) is 5.55. The molecule has 0 fully saturated rings. The fraction of sp³-hybridized carbons (Fsp3) is 0.938. The normalized spacial score (nSPS) is 12.0. The van der Waals surface area contributed by atoms with Crippen LogP contribution >= 0.6 is 11.8 Å². The molecule has 238 valence electrons. The van der Waals surface area contributed by atoms with E-state index in [0.29, 0.717) is 18.7 Å². The van der Waals surface area contributed by atoms with Crippen LogP contribution < -0.4 is 27.0 Å². The van der Waals surface area contributed by atoms with Crippen molar-refractivity contribution in [2.24, 2.45) is 5.73 Å². The summed E-state index contributed by atoms with van der Waals surface area (Å²) >= 11 is 1.74. The Morgan fingerprint density at radius 1 is 0.625 bits per heavy atom. The van der Waals surface area contributed by atoms with Crippen molar-refractivity contribution in [2.75, 3.05) is 50.8 Å². The van der Waals surface area contributed by atoms with Crippen molar-refractivity contribution in [3.05, 3.63) is 0 Å². The van der Waals surface area contributed by atoms with Crippen molar-refractivity contribution < 1.29 is 9.59 Å². The van der Waals surface area contributed by atoms with Crippen LogP contribution in [-0.4, -0.2) is 68.6 Å². The molecule has 0 aliphatic rings. The van der Waals surface area contributed by atoms with Gasteiger partial charge in [-0.2, -0.15) is 11.8 Å². The highest BCUT2D eigenvalue weighted by Gasteiger charge is 2.20. The van der Waals surface area contributed by atoms with Crippen LogP contribution in [0.2, 0.25) is 0 Å². The second-order valence-corrected chi connectivity index (χ2v) is 12.3. The lowest BCUT2D eigenvalue weighted by atomic mass is 10.0. The Morgan fingerprint density at radius 2 is 1.15 bits per heavy atom. The fourth-order valence-electron chi connectivity index (χ4n) is 4.62. The van der Waals surface area contributed by atoms with Gasteiger partial charge in [0.1, 0.15) is 6.04 Å². The molecule has 0 saturated carbocycles. The number of nitrogens with two attached hydrogens (primary N) is 1. The summed E-state index contributed by atoms with van der Waals surface area (Å²) in [5.41, 5.74) is 5.49. The number of unbranched alkanes of at least 4 members (excludes halogenated alkanes) is 13. The summed E-state index contributed by atoms with van der Waals surface area (Å²) < 4.78 is 0. The highest BCUT2D eigenvalue weighted by Crippen LogP contribution is 2.13. The van der Waals surface area contributed by atoms with E-state index in [0.717, 1.165) is 83.4 Å². The highest BCUT2D eigenvalue weighted by atomic mass is 32.2. The second-order valence-electron chi connectivity index (χ2n) is 11.2. The molecule has 0 aromatic heterocycles. The smallest absolute Gasteiger partial charge is 0.243 e. The van der Waals surface area contributed by atoms with Crippen molar-refractivity contribution in [1.29, 1.82) is 0 Å². The van der Waals surface area contributed by atoms with Gasteiger partial charge in [0.25, 0.3) is 0 Å². The summed E-state index contributed by atoms with van der Waals surface area (Å²) in [5, 5.41) is 12.9. The number of rotatable bonds is 32. The lowest BCUT2D eigenvalue weighted by Gasteiger charge is -2.18. The van der Waals surface area contributed by atoms with E-state index in [2.05, 4.69) is 35.1 Å². The van der Waals surface area contributed by atoms with E-state index in [1.54, 1.807) is 11.8 Å². The largest absolute Gasteiger partial charge is 0.354 e. The van der Waals surface area contributed by atoms with Crippen LogP contribution in [0.25, 0.3) is 0 Å². The summed E-state index contributed by atoms with van der Waals surface area (Å²) in [5.74, 6) is 1.61. The molecule has 0 heterocycles. The molecule has 7 nitrogen and oxygen atoms in total. The minimum Gasteiger partial charge on any atom is -0.354 e. The van der Waals surface area contributed by atoms with E-state index < -0.39 is 6.04 Å². The van der Waals surface area contributed by atoms with Gasteiger partial charge >= 0.3 is 0 Å². The minimum absolute atomic E-state index is 0.0134. The Bertz CT molecular complexity index is 553. The van der Waals surface area contributed by atoms with E-state index in [9.17, 15) is 9.59 Å². The lowest BCUT2D eigenvalue weighted by molar-refractivity contribution is -0.128. The first-order valence-corrected chi connectivity index (χ1v) is 18.1. The van der Waals surface area contributed by atoms with Crippen LogP contribution in [-0.2, 0) is 9.59 Å². The predicted octanol–water partition coefficient (Wildman–Crippen LogP) is 5.91. The van der Waals surface area contributed by atoms with Crippen molar-refractivity contribution in [2.45, 2.75) is 142 Å². The van der Waals surface area contributed by atoms with Crippen molar-refractivity contribution in [1.82, 2.24) is 21.3 Å². The quantitative estimate of drug-likeness (QED) is 0.0628. The summed E-state index contributed by atoms with van der Waals surface area (Å²) in [6.07, 6.45) is 22.7. The van der Waals surface area contributed by atoms with Crippen molar-refractivity contribution in [3.8, 4) is 0 Å². The van der Waals surface area contributed by atoms with E-state index in [4.69, 9.17) is 5.73 Å². The van der Waals surface area contributed by atoms with Crippen molar-refractivity contribution >= 4 is 23.6 Å². The molecule has 0 spiro atoms. The molecule has 8 heteroatoms. The van der Waals surface area contributed by atoms with E-state index in [1.165, 1.54) is 70.6 Å². The first-order chi connectivity index (χ1) is 19.7. The summed E-state index contributed by atoms with van der Waals surface area (Å²) in [4.78, 5) is 25.3. The maximum absolute atomic E-state index is 12.8. The van der Waals surface area contributed by atoms with Crippen LogP contribution in [0, 0.1) is 0 Å². The number of hydrogen-bond donors (Lipinski definition) is 5. The average Bonchev–Trinajstić information content (AvgIpc) is 2.95. The molecule has 1 atom stereocenters. The zero-order valence-corrected chi connectivity index (χ0v) is 27.3. The van der Waals surface area contributed by atoms with E-state index in [1.807, 2.05) is 0 Å². The summed E-state index contributed by atoms with van der Waals surface area (Å²) in [7, 11) is 0. The third kappa shape index (κ3) is 28.7. The number of carbonyl (C=O) groups is 2. The molecule has 6 N–H and O–H groups in total. The molecular weight excluding hydrogens is 518 g/mol. The Kier molecular flexibility index (Phi) is 32.0. The van der Waals surface area contributed by atoms with Gasteiger partial charge in [-0.1, -0.05) is 90.9 Å². The number of thioether (sulfide) groups is 1. The third-order valence-electron chi connectivity index (χ3n) is 7.14. The number of nitrogens with one attached hydrogen (secondary N) is 4. The standard InChI is InChI=1S/C32H67N5O2S/c1-3-5-6-7-8-9-10-11-12-13-14-15-16-21-31(38)37-30(29-40-28-4-2)32(39)36-27-20-26-35-24-18-17-23-34-25-19-22-33/h30,34-35H,3-29,33H2,1-2H3,(H,36,39)(H,37,38)/t30-/m0/s1. The van der Waals surface area contributed by atoms with Gasteiger partial charge in [-0.25, -0.2) is 0 Å². The first kappa shape index (κ1) is 39.2. The van der Waals surface area contributed by atoms with Gasteiger partial charge in [-0.3, -0.25) is 9.59 Å². The van der Waals surface area contributed by atoms with E-state index >= 15 is 0 Å². The van der Waals surface area contributed by atoms with Gasteiger partial charge in [0, 0.05) is 18.7 Å². The van der Waals surface area contributed by atoms with Gasteiger partial charge in [-0.15, -0.1) is 0 Å². The van der Waals surface area contributed by atoms with Crippen LogP contribution in [0.3, 0.4) is 0 Å². The van der Waals surface area contributed by atoms with Gasteiger partial charge in [0.2, 0.25) is 11.8 Å². The molecule has 0 radical (unpaired) electrons. The Hall–Kier alpha value is -0.830. The topological polar surface area (TPSA) is 108 Å². The SMILES string of the molecule is CCCCCCCCCCCCCCCC(=O)N[C@@H](CSCCC)C(=O)NCCCNCCCCNCCCN. The third-order valence-corrected chi connectivity index (χ3v) is 8.40. The summed E-state index contributed by atoms with van der Waals surface area (Å²) in [6, 6.07) is -0.439. The molecule has 0 rings (SSSR count). The molecule has 0 aromatic carbocycles. The first-order valence-electron chi connectivity index (χ1n) is 16.9. The average molecular weight is 586 g/mol. The lowest BCUT2D eigenvalue weighted by Crippen LogP contribution is -2.48. The molecular formula is C32H67N5O2S. The van der Waals surface area contributed by atoms with Crippen LogP contribution in [0.1, 0.15) is 136 Å². The highest BCUT2D eigenvalue weighted by molar-refractivity contribution is 7.99. The molecule has 0 bridgehead atoms. The molecule has 0 unspecified atom stereocenters. The molecule has 2 amide bonds. The molecule has 0 saturated heterocycles. The molecule has 40 heavy (non-hydrogen) atoms. The molecule has 0 aliphatic heterocycles. The Balaban J connectivity index is 3.87. The number of amides is 2. The molecule has 0 aromatic rings. The second kappa shape index (κ2) is 32.7. The minimum atomic E-state index is -0.439. The monoisotopic (exact) mass is 586 g/mol. The zero-order valence-electron chi connectivity index (χ0n) is 26.5. The summed E-state index contributed by atoms with van der Waals surface area (Å²) in [6.45, 7) is 9.72. The predicted molar refractivity (Wildman–Crippen MR) is 176 cm³/mol. The van der Waals surface area contributed by atoms with E-state index in [-0.39, 0.29) is 11.8 Å². The van der Waals surface area contributed by atoms with Gasteiger partial charge in [-0.05, 0) is 77.0 Å². The van der Waals surface area contributed by atoms with Gasteiger partial charge in [0.05, 0.1) is 0 Å². The van der Waals surface area contributed by atoms with Gasteiger partial charge < -0.3 is 27.0 Å². The van der Waals surface area contributed by atoms with Crippen LogP contribution in [0.15, 0.2) is 0 Å². The van der Waals surface area contributed by atoms with Crippen LogP contribution in [0.5, 0.6) is 0 Å². The zero-order chi connectivity index (χ0) is 29.4. The number of carbonyl (C=O) groups excluding carboxylic acids is 2. The Labute approximate surface area is 252 Å². The van der Waals surface area contributed by atoms with Gasteiger partial charge in [0.15, 0.2) is 0 Å². The maximum atomic E-state index is 12.8. The Morgan fingerprint density at radius 3 is 1.70 bits per heavy atom.